The molecule has 8 heteroatoms. The first-order valence-corrected chi connectivity index (χ1v) is 7.88. The van der Waals surface area contributed by atoms with Crippen LogP contribution in [0.2, 0.25) is 5.02 Å². The van der Waals surface area contributed by atoms with E-state index in [-0.39, 0.29) is 5.92 Å². The van der Waals surface area contributed by atoms with E-state index in [2.05, 4.69) is 0 Å². The van der Waals surface area contributed by atoms with Crippen LogP contribution < -0.4 is 4.90 Å². The van der Waals surface area contributed by atoms with Gasteiger partial charge >= 0.3 is 12.3 Å². The van der Waals surface area contributed by atoms with E-state index in [9.17, 15) is 23.1 Å². The van der Waals surface area contributed by atoms with Crippen LogP contribution in [0.4, 0.5) is 23.7 Å². The van der Waals surface area contributed by atoms with Gasteiger partial charge in [-0.15, -0.1) is 0 Å². The predicted octanol–water partition coefficient (Wildman–Crippen LogP) is 4.58. The monoisotopic (exact) mass is 364 g/mol. The largest absolute Gasteiger partial charge is 0.465 e. The number of benzene rings is 1. The van der Waals surface area contributed by atoms with E-state index in [4.69, 9.17) is 11.6 Å². The van der Waals surface area contributed by atoms with Crippen molar-refractivity contribution in [1.29, 1.82) is 0 Å². The number of halogens is 4. The van der Waals surface area contributed by atoms with Crippen LogP contribution in [0.3, 0.4) is 0 Å². The van der Waals surface area contributed by atoms with Crippen molar-refractivity contribution in [2.45, 2.75) is 38.4 Å². The van der Waals surface area contributed by atoms with Gasteiger partial charge in [0.2, 0.25) is 0 Å². The first-order chi connectivity index (χ1) is 10.9. The molecular weight excluding hydrogens is 345 g/mol. The van der Waals surface area contributed by atoms with Gasteiger partial charge in [0.25, 0.3) is 0 Å². The van der Waals surface area contributed by atoms with Crippen molar-refractivity contribution in [2.24, 2.45) is 0 Å². The van der Waals surface area contributed by atoms with E-state index < -0.39 is 24.4 Å². The fourth-order valence-electron chi connectivity index (χ4n) is 2.92. The van der Waals surface area contributed by atoms with Crippen LogP contribution in [0.15, 0.2) is 18.2 Å². The van der Waals surface area contributed by atoms with Crippen LogP contribution in [0.1, 0.15) is 32.3 Å². The third kappa shape index (κ3) is 4.33. The van der Waals surface area contributed by atoms with Crippen molar-refractivity contribution in [3.8, 4) is 0 Å². The lowest BCUT2D eigenvalue weighted by molar-refractivity contribution is -0.154. The number of hydrogen-bond donors (Lipinski definition) is 1. The summed E-state index contributed by atoms with van der Waals surface area (Å²) < 4.78 is 37.0. The second-order valence-electron chi connectivity index (χ2n) is 7.00. The average molecular weight is 365 g/mol. The maximum absolute atomic E-state index is 12.3. The van der Waals surface area contributed by atoms with E-state index in [1.165, 1.54) is 9.80 Å². The zero-order valence-corrected chi connectivity index (χ0v) is 14.4. The lowest BCUT2D eigenvalue weighted by atomic mass is 9.91. The highest BCUT2D eigenvalue weighted by molar-refractivity contribution is 6.31. The predicted molar refractivity (Wildman–Crippen MR) is 86.9 cm³/mol. The molecule has 0 aliphatic carbocycles. The minimum absolute atomic E-state index is 0.0678. The number of carboxylic acid groups (broad SMARTS) is 1. The minimum Gasteiger partial charge on any atom is -0.465 e. The highest BCUT2D eigenvalue weighted by Crippen LogP contribution is 2.36. The molecule has 1 aliphatic heterocycles. The van der Waals surface area contributed by atoms with Crippen molar-refractivity contribution in [3.63, 3.8) is 0 Å². The van der Waals surface area contributed by atoms with E-state index in [1.807, 2.05) is 0 Å². The Morgan fingerprint density at radius 3 is 2.33 bits per heavy atom. The standard InChI is InChI=1S/C16H20ClF3N2O2/c1-15(2,3)22(14(23)24)11-4-5-12(13(17)6-11)10-7-21(8-10)9-16(18,19)20/h4-6,10H,7-9H2,1-3H3,(H,23,24). The fourth-order valence-corrected chi connectivity index (χ4v) is 3.25. The highest BCUT2D eigenvalue weighted by Gasteiger charge is 2.38. The summed E-state index contributed by atoms with van der Waals surface area (Å²) in [6.45, 7) is 4.97. The summed E-state index contributed by atoms with van der Waals surface area (Å²) in [6, 6.07) is 4.91. The van der Waals surface area contributed by atoms with Gasteiger partial charge in [-0.25, -0.2) is 4.79 Å². The average Bonchev–Trinajstić information content (AvgIpc) is 2.31. The van der Waals surface area contributed by atoms with Crippen molar-refractivity contribution in [2.75, 3.05) is 24.5 Å². The molecule has 24 heavy (non-hydrogen) atoms. The molecule has 1 saturated heterocycles. The summed E-state index contributed by atoms with van der Waals surface area (Å²) in [5, 5.41) is 9.78. The van der Waals surface area contributed by atoms with Gasteiger partial charge in [-0.05, 0) is 38.5 Å². The van der Waals surface area contributed by atoms with Gasteiger partial charge in [0.05, 0.1) is 6.54 Å². The van der Waals surface area contributed by atoms with Gasteiger partial charge in [-0.2, -0.15) is 13.2 Å². The van der Waals surface area contributed by atoms with Crippen LogP contribution in [-0.2, 0) is 0 Å². The second-order valence-corrected chi connectivity index (χ2v) is 7.41. The third-order valence-electron chi connectivity index (χ3n) is 3.90. The molecule has 2 rings (SSSR count). The summed E-state index contributed by atoms with van der Waals surface area (Å²) in [4.78, 5) is 14.0. The number of hydrogen-bond acceptors (Lipinski definition) is 2. The number of rotatable bonds is 3. The molecule has 1 aromatic rings. The van der Waals surface area contributed by atoms with Gasteiger partial charge in [0.1, 0.15) is 0 Å². The summed E-state index contributed by atoms with van der Waals surface area (Å²) >= 11 is 6.26. The summed E-state index contributed by atoms with van der Waals surface area (Å²) in [6.07, 6.45) is -5.29. The molecule has 0 radical (unpaired) electrons. The molecule has 1 fully saturated rings. The normalized spacial score (nSPS) is 16.8. The lowest BCUT2D eigenvalue weighted by Crippen LogP contribution is -2.49. The number of anilines is 1. The Kier molecular flexibility index (Phi) is 5.06. The SMILES string of the molecule is CC(C)(C)N(C(=O)O)c1ccc(C2CN(CC(F)(F)F)C2)c(Cl)c1. The number of carbonyl (C=O) groups is 1. The topological polar surface area (TPSA) is 43.8 Å². The molecule has 0 unspecified atom stereocenters. The molecule has 0 saturated carbocycles. The first kappa shape index (κ1) is 18.9. The van der Waals surface area contributed by atoms with Crippen LogP contribution in [0.25, 0.3) is 0 Å². The lowest BCUT2D eigenvalue weighted by Gasteiger charge is -2.40. The smallest absolute Gasteiger partial charge is 0.412 e. The molecule has 0 spiro atoms. The quantitative estimate of drug-likeness (QED) is 0.853. The Balaban J connectivity index is 2.13. The fraction of sp³-hybridized carbons (Fsp3) is 0.562. The number of amides is 1. The first-order valence-electron chi connectivity index (χ1n) is 7.50. The Labute approximate surface area is 143 Å². The number of alkyl halides is 3. The van der Waals surface area contributed by atoms with Crippen molar-refractivity contribution in [1.82, 2.24) is 4.90 Å². The maximum Gasteiger partial charge on any atom is 0.412 e. The Morgan fingerprint density at radius 1 is 1.33 bits per heavy atom. The van der Waals surface area contributed by atoms with Crippen molar-refractivity contribution < 1.29 is 23.1 Å². The van der Waals surface area contributed by atoms with Crippen molar-refractivity contribution >= 4 is 23.4 Å². The summed E-state index contributed by atoms with van der Waals surface area (Å²) in [5.74, 6) is -0.0678. The summed E-state index contributed by atoms with van der Waals surface area (Å²) in [7, 11) is 0. The molecule has 0 atom stereocenters. The molecule has 1 aromatic carbocycles. The number of likely N-dealkylation sites (tertiary alicyclic amines) is 1. The van der Waals surface area contributed by atoms with E-state index in [0.717, 1.165) is 5.56 Å². The summed E-state index contributed by atoms with van der Waals surface area (Å²) in [5.41, 5.74) is 0.546. The highest BCUT2D eigenvalue weighted by atomic mass is 35.5. The third-order valence-corrected chi connectivity index (χ3v) is 4.23. The van der Waals surface area contributed by atoms with E-state index >= 15 is 0 Å². The van der Waals surface area contributed by atoms with Gasteiger partial charge in [-0.3, -0.25) is 9.80 Å². The Hall–Kier alpha value is -1.47. The maximum atomic E-state index is 12.3. The molecule has 0 aromatic heterocycles. The second kappa shape index (κ2) is 6.44. The van der Waals surface area contributed by atoms with Crippen LogP contribution >= 0.6 is 11.6 Å². The Morgan fingerprint density at radius 2 is 1.92 bits per heavy atom. The van der Waals surface area contributed by atoms with Crippen molar-refractivity contribution in [3.05, 3.63) is 28.8 Å². The zero-order valence-electron chi connectivity index (χ0n) is 13.7. The minimum atomic E-state index is -4.20. The molecule has 1 amide bonds. The van der Waals surface area contributed by atoms with Crippen LogP contribution in [-0.4, -0.2) is 47.4 Å². The van der Waals surface area contributed by atoms with Gasteiger partial charge < -0.3 is 5.11 Å². The molecule has 1 heterocycles. The molecular formula is C16H20ClF3N2O2. The molecule has 1 N–H and O–H groups in total. The van der Waals surface area contributed by atoms with E-state index in [1.54, 1.807) is 39.0 Å². The van der Waals surface area contributed by atoms with E-state index in [0.29, 0.717) is 23.8 Å². The molecule has 4 nitrogen and oxygen atoms in total. The van der Waals surface area contributed by atoms with Gasteiger partial charge in [0, 0.05) is 35.3 Å². The molecule has 134 valence electrons. The van der Waals surface area contributed by atoms with Gasteiger partial charge in [0.15, 0.2) is 0 Å². The zero-order chi connectivity index (χ0) is 18.3. The van der Waals surface area contributed by atoms with Crippen LogP contribution in [0.5, 0.6) is 0 Å². The molecule has 1 aliphatic rings. The molecule has 0 bridgehead atoms. The van der Waals surface area contributed by atoms with Gasteiger partial charge in [-0.1, -0.05) is 17.7 Å². The Bertz CT molecular complexity index is 623. The number of nitrogens with zero attached hydrogens (tertiary/aromatic N) is 2. The van der Waals surface area contributed by atoms with Crippen LogP contribution in [0, 0.1) is 0 Å².